The highest BCUT2D eigenvalue weighted by molar-refractivity contribution is 5.93. The number of hydrogen-bond acceptors (Lipinski definition) is 4. The number of benzene rings is 2. The fourth-order valence-corrected chi connectivity index (χ4v) is 3.18. The molecule has 1 amide bonds. The maximum Gasteiger partial charge on any atom is 0.310 e. The molecule has 0 fully saturated rings. The molecule has 8 heteroatoms. The summed E-state index contributed by atoms with van der Waals surface area (Å²) in [6, 6.07) is 15.0. The molecular weight excluding hydrogens is 387 g/mol. The summed E-state index contributed by atoms with van der Waals surface area (Å²) in [7, 11) is 0. The van der Waals surface area contributed by atoms with Crippen LogP contribution < -0.4 is 5.32 Å². The van der Waals surface area contributed by atoms with E-state index >= 15 is 0 Å². The molecular formula is C22H19FN4O3. The second-order valence-corrected chi connectivity index (χ2v) is 6.80. The van der Waals surface area contributed by atoms with Crippen LogP contribution in [-0.2, 0) is 20.7 Å². The van der Waals surface area contributed by atoms with Crippen molar-refractivity contribution in [2.75, 3.05) is 11.9 Å². The van der Waals surface area contributed by atoms with Gasteiger partial charge >= 0.3 is 5.97 Å². The number of hydrogen-bond donors (Lipinski definition) is 2. The van der Waals surface area contributed by atoms with Gasteiger partial charge in [-0.2, -0.15) is 5.10 Å². The topological polar surface area (TPSA) is 89.0 Å². The number of amides is 1. The van der Waals surface area contributed by atoms with Gasteiger partial charge in [-0.15, -0.1) is 0 Å². The summed E-state index contributed by atoms with van der Waals surface area (Å²) in [6.07, 6.45) is 1.82. The monoisotopic (exact) mass is 406 g/mol. The normalized spacial score (nSPS) is 10.9. The van der Waals surface area contributed by atoms with E-state index in [4.69, 9.17) is 4.74 Å². The number of nitrogens with zero attached hydrogens (tertiary/aromatic N) is 2. The summed E-state index contributed by atoms with van der Waals surface area (Å²) >= 11 is 0. The van der Waals surface area contributed by atoms with Crippen LogP contribution in [0.3, 0.4) is 0 Å². The van der Waals surface area contributed by atoms with Crippen molar-refractivity contribution in [1.29, 1.82) is 0 Å². The number of carbonyl (C=O) groups is 2. The highest BCUT2D eigenvalue weighted by Gasteiger charge is 2.14. The van der Waals surface area contributed by atoms with Gasteiger partial charge < -0.3 is 15.0 Å². The van der Waals surface area contributed by atoms with Crippen LogP contribution in [-0.4, -0.2) is 33.2 Å². The predicted octanol–water partition coefficient (Wildman–Crippen LogP) is 3.53. The van der Waals surface area contributed by atoms with Crippen molar-refractivity contribution in [3.63, 3.8) is 0 Å². The van der Waals surface area contributed by atoms with Gasteiger partial charge in [0, 0.05) is 23.2 Å². The molecule has 0 saturated carbocycles. The first-order valence-electron chi connectivity index (χ1n) is 9.32. The van der Waals surface area contributed by atoms with E-state index in [9.17, 15) is 14.0 Å². The number of fused-ring (bicyclic) bond motifs is 1. The van der Waals surface area contributed by atoms with E-state index in [1.165, 1.54) is 16.8 Å². The van der Waals surface area contributed by atoms with Crippen molar-refractivity contribution >= 4 is 28.6 Å². The number of carbonyl (C=O) groups excluding carboxylic acids is 2. The number of para-hydroxylation sites is 1. The lowest BCUT2D eigenvalue weighted by Gasteiger charge is -2.09. The lowest BCUT2D eigenvalue weighted by molar-refractivity contribution is -0.146. The van der Waals surface area contributed by atoms with Crippen LogP contribution in [0.2, 0.25) is 0 Å². The van der Waals surface area contributed by atoms with Gasteiger partial charge in [-0.25, -0.2) is 9.07 Å². The molecule has 2 N–H and O–H groups in total. The SMILES string of the molecule is Cc1cc(NC(=O)COC(=O)Cc2c[nH]c3ccccc23)n(-c2ccc(F)cc2)n1. The quantitative estimate of drug-likeness (QED) is 0.480. The Labute approximate surface area is 171 Å². The van der Waals surface area contributed by atoms with E-state index in [1.807, 2.05) is 24.3 Å². The van der Waals surface area contributed by atoms with E-state index in [-0.39, 0.29) is 12.2 Å². The maximum absolute atomic E-state index is 13.2. The van der Waals surface area contributed by atoms with Crippen molar-refractivity contribution < 1.29 is 18.7 Å². The van der Waals surface area contributed by atoms with E-state index < -0.39 is 18.5 Å². The number of aromatic amines is 1. The first kappa shape index (κ1) is 19.4. The number of nitrogens with one attached hydrogen (secondary N) is 2. The fraction of sp³-hybridized carbons (Fsp3) is 0.136. The Morgan fingerprint density at radius 1 is 1.17 bits per heavy atom. The van der Waals surface area contributed by atoms with E-state index in [1.54, 1.807) is 31.3 Å². The third-order valence-corrected chi connectivity index (χ3v) is 4.54. The van der Waals surface area contributed by atoms with E-state index in [2.05, 4.69) is 15.4 Å². The zero-order valence-corrected chi connectivity index (χ0v) is 16.2. The summed E-state index contributed by atoms with van der Waals surface area (Å²) < 4.78 is 19.8. The number of halogens is 1. The highest BCUT2D eigenvalue weighted by atomic mass is 19.1. The van der Waals surface area contributed by atoms with Crippen molar-refractivity contribution in [2.24, 2.45) is 0 Å². The molecule has 0 saturated heterocycles. The second kappa shape index (κ2) is 8.20. The Balaban J connectivity index is 1.37. The minimum Gasteiger partial charge on any atom is -0.455 e. The molecule has 2 heterocycles. The number of anilines is 1. The summed E-state index contributed by atoms with van der Waals surface area (Å²) in [5, 5.41) is 7.92. The standard InChI is InChI=1S/C22H19FN4O3/c1-14-10-20(27(26-14)17-8-6-16(23)7-9-17)25-21(28)13-30-22(29)11-15-12-24-19-5-3-2-4-18(15)19/h2-10,12,24H,11,13H2,1H3,(H,25,28). The van der Waals surface area contributed by atoms with Gasteiger partial charge in [-0.3, -0.25) is 9.59 Å². The average molecular weight is 406 g/mol. The molecule has 30 heavy (non-hydrogen) atoms. The number of H-pyrrole nitrogens is 1. The molecule has 4 rings (SSSR count). The molecule has 0 bridgehead atoms. The smallest absolute Gasteiger partial charge is 0.310 e. The van der Waals surface area contributed by atoms with Gasteiger partial charge in [0.1, 0.15) is 11.6 Å². The predicted molar refractivity (Wildman–Crippen MR) is 110 cm³/mol. The van der Waals surface area contributed by atoms with Crippen molar-refractivity contribution in [3.05, 3.63) is 77.9 Å². The van der Waals surface area contributed by atoms with Gasteiger partial charge in [-0.1, -0.05) is 18.2 Å². The first-order chi connectivity index (χ1) is 14.5. The van der Waals surface area contributed by atoms with E-state index in [0.717, 1.165) is 16.5 Å². The lowest BCUT2D eigenvalue weighted by Crippen LogP contribution is -2.23. The summed E-state index contributed by atoms with van der Waals surface area (Å²) in [6.45, 7) is 1.35. The zero-order valence-electron chi connectivity index (χ0n) is 16.2. The number of esters is 1. The van der Waals surface area contributed by atoms with Crippen molar-refractivity contribution in [2.45, 2.75) is 13.3 Å². The van der Waals surface area contributed by atoms with Crippen molar-refractivity contribution in [3.8, 4) is 5.69 Å². The van der Waals surface area contributed by atoms with Crippen molar-refractivity contribution in [1.82, 2.24) is 14.8 Å². The highest BCUT2D eigenvalue weighted by Crippen LogP contribution is 2.19. The number of ether oxygens (including phenoxy) is 1. The van der Waals surface area contributed by atoms with Crippen LogP contribution in [0.15, 0.2) is 60.8 Å². The number of aryl methyl sites for hydroxylation is 1. The summed E-state index contributed by atoms with van der Waals surface area (Å²) in [5.74, 6) is -0.962. The van der Waals surface area contributed by atoms with E-state index in [0.29, 0.717) is 17.2 Å². The Bertz CT molecular complexity index is 1210. The molecule has 0 aliphatic rings. The van der Waals surface area contributed by atoms with Crippen LogP contribution in [0.1, 0.15) is 11.3 Å². The number of aromatic nitrogens is 3. The largest absolute Gasteiger partial charge is 0.455 e. The van der Waals surface area contributed by atoms with Crippen LogP contribution in [0.4, 0.5) is 10.2 Å². The lowest BCUT2D eigenvalue weighted by atomic mass is 10.1. The molecule has 2 aromatic heterocycles. The van der Waals surface area contributed by atoms with Gasteiger partial charge in [0.2, 0.25) is 0 Å². The summed E-state index contributed by atoms with van der Waals surface area (Å²) in [5.41, 5.74) is 3.01. The minimum absolute atomic E-state index is 0.0594. The zero-order chi connectivity index (χ0) is 21.1. The van der Waals surface area contributed by atoms with Crippen LogP contribution in [0, 0.1) is 12.7 Å². The molecule has 0 aliphatic carbocycles. The minimum atomic E-state index is -0.502. The molecule has 0 radical (unpaired) electrons. The van der Waals surface area contributed by atoms with Gasteiger partial charge in [0.15, 0.2) is 6.61 Å². The Hall–Kier alpha value is -3.94. The molecule has 0 atom stereocenters. The molecule has 152 valence electrons. The van der Waals surface area contributed by atoms with Crippen LogP contribution in [0.5, 0.6) is 0 Å². The molecule has 0 unspecified atom stereocenters. The second-order valence-electron chi connectivity index (χ2n) is 6.80. The third kappa shape index (κ3) is 4.22. The van der Waals surface area contributed by atoms with Crippen LogP contribution in [0.25, 0.3) is 16.6 Å². The molecule has 0 aliphatic heterocycles. The molecule has 0 spiro atoms. The number of rotatable bonds is 6. The average Bonchev–Trinajstić information content (AvgIpc) is 3.30. The van der Waals surface area contributed by atoms with Gasteiger partial charge in [0.25, 0.3) is 5.91 Å². The molecule has 4 aromatic rings. The molecule has 7 nitrogen and oxygen atoms in total. The third-order valence-electron chi connectivity index (χ3n) is 4.54. The van der Waals surface area contributed by atoms with Gasteiger partial charge in [0.05, 0.1) is 17.8 Å². The maximum atomic E-state index is 13.2. The molecule has 2 aromatic carbocycles. The Kier molecular flexibility index (Phi) is 5.30. The van der Waals surface area contributed by atoms with Gasteiger partial charge in [-0.05, 0) is 42.8 Å². The van der Waals surface area contributed by atoms with Crippen LogP contribution >= 0.6 is 0 Å². The fourth-order valence-electron chi connectivity index (χ4n) is 3.18. The Morgan fingerprint density at radius 3 is 2.73 bits per heavy atom. The summed E-state index contributed by atoms with van der Waals surface area (Å²) in [4.78, 5) is 27.5. The Morgan fingerprint density at radius 2 is 1.93 bits per heavy atom. The first-order valence-corrected chi connectivity index (χ1v) is 9.32.